The average molecular weight is 278 g/mol. The molecule has 0 saturated heterocycles. The Morgan fingerprint density at radius 2 is 1.95 bits per heavy atom. The van der Waals surface area contributed by atoms with Gasteiger partial charge in [0.05, 0.1) is 4.92 Å². The molecule has 0 aliphatic rings. The third-order valence-electron chi connectivity index (χ3n) is 3.13. The maximum Gasteiger partial charge on any atom is 0.292 e. The molecule has 0 fully saturated rings. The van der Waals surface area contributed by atoms with Gasteiger partial charge in [-0.1, -0.05) is 38.7 Å². The van der Waals surface area contributed by atoms with Crippen molar-refractivity contribution in [1.29, 1.82) is 0 Å². The molecule has 0 bridgehead atoms. The first kappa shape index (κ1) is 16.1. The van der Waals surface area contributed by atoms with E-state index in [1.165, 1.54) is 18.9 Å². The molecule has 5 nitrogen and oxygen atoms in total. The van der Waals surface area contributed by atoms with E-state index < -0.39 is 4.92 Å². The lowest BCUT2D eigenvalue weighted by atomic mass is 10.1. The summed E-state index contributed by atoms with van der Waals surface area (Å²) < 4.78 is 0. The molecule has 0 spiro atoms. The van der Waals surface area contributed by atoms with Crippen LogP contribution in [0.25, 0.3) is 0 Å². The van der Waals surface area contributed by atoms with Gasteiger partial charge in [0.15, 0.2) is 0 Å². The fourth-order valence-electron chi connectivity index (χ4n) is 2.01. The minimum absolute atomic E-state index is 0.0602. The summed E-state index contributed by atoms with van der Waals surface area (Å²) in [6, 6.07) is 4.72. The van der Waals surface area contributed by atoms with Gasteiger partial charge in [0, 0.05) is 12.5 Å². The molecule has 0 aliphatic carbocycles. The molecule has 0 radical (unpaired) electrons. The highest BCUT2D eigenvalue weighted by atomic mass is 16.6. The summed E-state index contributed by atoms with van der Waals surface area (Å²) >= 11 is 0. The number of nitrogens with one attached hydrogen (secondary N) is 1. The number of anilines is 1. The zero-order valence-electron chi connectivity index (χ0n) is 12.1. The summed E-state index contributed by atoms with van der Waals surface area (Å²) in [4.78, 5) is 22.2. The fraction of sp³-hybridized carbons (Fsp3) is 0.533. The van der Waals surface area contributed by atoms with Crippen LogP contribution in [-0.4, -0.2) is 10.8 Å². The van der Waals surface area contributed by atoms with E-state index in [2.05, 4.69) is 12.2 Å². The summed E-state index contributed by atoms with van der Waals surface area (Å²) in [5, 5.41) is 13.5. The van der Waals surface area contributed by atoms with Gasteiger partial charge in [0.25, 0.3) is 5.69 Å². The van der Waals surface area contributed by atoms with Crippen molar-refractivity contribution < 1.29 is 9.72 Å². The third kappa shape index (κ3) is 5.38. The molecule has 1 rings (SSSR count). The van der Waals surface area contributed by atoms with Crippen LogP contribution in [-0.2, 0) is 4.79 Å². The normalized spacial score (nSPS) is 10.3. The summed E-state index contributed by atoms with van der Waals surface area (Å²) in [6.07, 6.45) is 5.75. The summed E-state index contributed by atoms with van der Waals surface area (Å²) in [5.41, 5.74) is 1.11. The first-order valence-corrected chi connectivity index (χ1v) is 7.09. The quantitative estimate of drug-likeness (QED) is 0.440. The molecule has 0 saturated carbocycles. The highest BCUT2D eigenvalue weighted by molar-refractivity contribution is 5.93. The topological polar surface area (TPSA) is 72.2 Å². The molecule has 1 N–H and O–H groups in total. The van der Waals surface area contributed by atoms with Crippen LogP contribution >= 0.6 is 0 Å². The summed E-state index contributed by atoms with van der Waals surface area (Å²) in [6.45, 7) is 3.98. The number of unbranched alkanes of at least 4 members (excludes halogenated alkanes) is 4. The van der Waals surface area contributed by atoms with Crippen molar-refractivity contribution in [1.82, 2.24) is 0 Å². The number of rotatable bonds is 8. The third-order valence-corrected chi connectivity index (χ3v) is 3.13. The molecular weight excluding hydrogens is 256 g/mol. The Morgan fingerprint density at radius 1 is 1.25 bits per heavy atom. The van der Waals surface area contributed by atoms with Gasteiger partial charge in [0.1, 0.15) is 5.69 Å². The molecule has 1 aromatic carbocycles. The second kappa shape index (κ2) is 8.30. The van der Waals surface area contributed by atoms with Crippen LogP contribution < -0.4 is 5.32 Å². The van der Waals surface area contributed by atoms with Gasteiger partial charge in [0.2, 0.25) is 5.91 Å². The number of amides is 1. The van der Waals surface area contributed by atoms with Crippen LogP contribution in [0.15, 0.2) is 18.2 Å². The van der Waals surface area contributed by atoms with Gasteiger partial charge in [-0.05, 0) is 25.0 Å². The fourth-order valence-corrected chi connectivity index (χ4v) is 2.01. The molecule has 0 atom stereocenters. The van der Waals surface area contributed by atoms with E-state index in [1.807, 2.05) is 6.92 Å². The van der Waals surface area contributed by atoms with Gasteiger partial charge in [-0.25, -0.2) is 0 Å². The first-order valence-electron chi connectivity index (χ1n) is 7.09. The van der Waals surface area contributed by atoms with Gasteiger partial charge in [-0.15, -0.1) is 0 Å². The van der Waals surface area contributed by atoms with Crippen molar-refractivity contribution in [3.05, 3.63) is 33.9 Å². The molecular formula is C15H22N2O3. The lowest BCUT2D eigenvalue weighted by Crippen LogP contribution is -2.12. The van der Waals surface area contributed by atoms with Crippen LogP contribution in [0.5, 0.6) is 0 Å². The molecule has 20 heavy (non-hydrogen) atoms. The molecule has 1 amide bonds. The van der Waals surface area contributed by atoms with Crippen molar-refractivity contribution in [3.63, 3.8) is 0 Å². The molecule has 0 aliphatic heterocycles. The van der Waals surface area contributed by atoms with Gasteiger partial charge in [-0.3, -0.25) is 14.9 Å². The predicted octanol–water partition coefficient (Wildman–Crippen LogP) is 4.20. The van der Waals surface area contributed by atoms with Crippen LogP contribution in [0, 0.1) is 17.0 Å². The van der Waals surface area contributed by atoms with Crippen molar-refractivity contribution >= 4 is 17.3 Å². The molecule has 110 valence electrons. The Morgan fingerprint density at radius 3 is 2.60 bits per heavy atom. The number of carbonyl (C=O) groups excluding carboxylic acids is 1. The highest BCUT2D eigenvalue weighted by Gasteiger charge is 2.15. The Kier molecular flexibility index (Phi) is 6.70. The van der Waals surface area contributed by atoms with Gasteiger partial charge >= 0.3 is 0 Å². The predicted molar refractivity (Wildman–Crippen MR) is 79.8 cm³/mol. The molecule has 1 aromatic rings. The van der Waals surface area contributed by atoms with E-state index in [0.717, 1.165) is 24.8 Å². The number of nitrogens with zero attached hydrogens (tertiary/aromatic N) is 1. The maximum absolute atomic E-state index is 11.8. The van der Waals surface area contributed by atoms with Crippen LogP contribution in [0.4, 0.5) is 11.4 Å². The Bertz CT molecular complexity index is 472. The lowest BCUT2D eigenvalue weighted by Gasteiger charge is -2.07. The summed E-state index contributed by atoms with van der Waals surface area (Å²) in [7, 11) is 0. The number of nitro groups is 1. The molecule has 0 heterocycles. The number of carbonyl (C=O) groups is 1. The minimum Gasteiger partial charge on any atom is -0.320 e. The standard InChI is InChI=1S/C15H22N2O3/c1-3-4-5-6-7-8-15(18)16-13-11-12(2)9-10-14(13)17(19)20/h9-11H,3-8H2,1-2H3,(H,16,18). The SMILES string of the molecule is CCCCCCCC(=O)Nc1cc(C)ccc1[N+](=O)[O-]. The number of hydrogen-bond donors (Lipinski definition) is 1. The van der Waals surface area contributed by atoms with E-state index in [9.17, 15) is 14.9 Å². The van der Waals surface area contributed by atoms with E-state index >= 15 is 0 Å². The molecule has 5 heteroatoms. The number of aryl methyl sites for hydroxylation is 1. The molecule has 0 aromatic heterocycles. The number of benzene rings is 1. The van der Waals surface area contributed by atoms with Crippen LogP contribution in [0.1, 0.15) is 51.0 Å². The van der Waals surface area contributed by atoms with Crippen molar-refractivity contribution in [2.24, 2.45) is 0 Å². The maximum atomic E-state index is 11.8. The second-order valence-corrected chi connectivity index (χ2v) is 4.99. The Labute approximate surface area is 119 Å². The minimum atomic E-state index is -0.476. The largest absolute Gasteiger partial charge is 0.320 e. The number of nitro benzene ring substituents is 1. The molecule has 0 unspecified atom stereocenters. The Balaban J connectivity index is 2.53. The van der Waals surface area contributed by atoms with Crippen molar-refractivity contribution in [2.45, 2.75) is 52.4 Å². The van der Waals surface area contributed by atoms with Gasteiger partial charge < -0.3 is 5.32 Å². The van der Waals surface area contributed by atoms with Crippen LogP contribution in [0.2, 0.25) is 0 Å². The lowest BCUT2D eigenvalue weighted by molar-refractivity contribution is -0.383. The van der Waals surface area contributed by atoms with E-state index in [-0.39, 0.29) is 17.3 Å². The zero-order chi connectivity index (χ0) is 15.0. The highest BCUT2D eigenvalue weighted by Crippen LogP contribution is 2.25. The van der Waals surface area contributed by atoms with Crippen molar-refractivity contribution in [3.8, 4) is 0 Å². The smallest absolute Gasteiger partial charge is 0.292 e. The van der Waals surface area contributed by atoms with E-state index in [4.69, 9.17) is 0 Å². The first-order chi connectivity index (χ1) is 9.54. The second-order valence-electron chi connectivity index (χ2n) is 4.99. The Hall–Kier alpha value is -1.91. The van der Waals surface area contributed by atoms with E-state index in [0.29, 0.717) is 6.42 Å². The van der Waals surface area contributed by atoms with E-state index in [1.54, 1.807) is 12.1 Å². The summed E-state index contributed by atoms with van der Waals surface area (Å²) in [5.74, 6) is -0.157. The number of hydrogen-bond acceptors (Lipinski definition) is 3. The van der Waals surface area contributed by atoms with Crippen LogP contribution in [0.3, 0.4) is 0 Å². The van der Waals surface area contributed by atoms with Gasteiger partial charge in [-0.2, -0.15) is 0 Å². The zero-order valence-corrected chi connectivity index (χ0v) is 12.1. The van der Waals surface area contributed by atoms with Crippen molar-refractivity contribution in [2.75, 3.05) is 5.32 Å². The monoisotopic (exact) mass is 278 g/mol. The average Bonchev–Trinajstić information content (AvgIpc) is 2.38.